The number of pyridine rings is 1. The minimum absolute atomic E-state index is 0.0332. The minimum atomic E-state index is -0.0451. The molecule has 1 fully saturated rings. The van der Waals surface area contributed by atoms with Gasteiger partial charge < -0.3 is 10.2 Å². The number of hydrogen-bond donors (Lipinski definition) is 1. The van der Waals surface area contributed by atoms with Gasteiger partial charge in [0, 0.05) is 37.2 Å². The summed E-state index contributed by atoms with van der Waals surface area (Å²) in [6.45, 7) is 5.55. The van der Waals surface area contributed by atoms with Crippen LogP contribution in [0.15, 0.2) is 36.5 Å². The number of allylic oxidation sites excluding steroid dienone is 2. The summed E-state index contributed by atoms with van der Waals surface area (Å²) in [5, 5.41) is 2.96. The first kappa shape index (κ1) is 19.5. The second-order valence-electron chi connectivity index (χ2n) is 6.83. The predicted molar refractivity (Wildman–Crippen MR) is 110 cm³/mol. The fourth-order valence-corrected chi connectivity index (χ4v) is 4.01. The monoisotopic (exact) mass is 386 g/mol. The average Bonchev–Trinajstić information content (AvgIpc) is 3.11. The molecule has 0 saturated carbocycles. The molecular formula is C20H26N4O2S. The molecule has 1 unspecified atom stereocenters. The zero-order chi connectivity index (χ0) is 19.2. The average molecular weight is 387 g/mol. The zero-order valence-corrected chi connectivity index (χ0v) is 16.7. The van der Waals surface area contributed by atoms with Crippen molar-refractivity contribution < 1.29 is 9.59 Å². The third-order valence-corrected chi connectivity index (χ3v) is 5.53. The number of thioether (sulfide) groups is 1. The van der Waals surface area contributed by atoms with Gasteiger partial charge in [0.25, 0.3) is 5.91 Å². The molecule has 2 amide bonds. The van der Waals surface area contributed by atoms with Crippen LogP contribution in [-0.4, -0.2) is 50.7 Å². The van der Waals surface area contributed by atoms with Crippen molar-refractivity contribution in [3.05, 3.63) is 42.2 Å². The maximum absolute atomic E-state index is 12.7. The van der Waals surface area contributed by atoms with Crippen LogP contribution in [-0.2, 0) is 4.79 Å². The van der Waals surface area contributed by atoms with E-state index < -0.39 is 0 Å². The fourth-order valence-electron chi connectivity index (χ4n) is 3.11. The van der Waals surface area contributed by atoms with Crippen LogP contribution in [0.25, 0.3) is 5.65 Å². The number of aromatic nitrogens is 2. The first-order valence-electron chi connectivity index (χ1n) is 9.34. The molecule has 1 aliphatic rings. The van der Waals surface area contributed by atoms with E-state index in [4.69, 9.17) is 0 Å². The highest BCUT2D eigenvalue weighted by molar-refractivity contribution is 7.99. The Morgan fingerprint density at radius 1 is 1.33 bits per heavy atom. The Bertz CT molecular complexity index is 840. The van der Waals surface area contributed by atoms with Crippen LogP contribution in [0, 0.1) is 5.92 Å². The molecule has 0 bridgehead atoms. The minimum Gasteiger partial charge on any atom is -0.336 e. The quantitative estimate of drug-likeness (QED) is 0.772. The third-order valence-electron chi connectivity index (χ3n) is 4.59. The van der Waals surface area contributed by atoms with Gasteiger partial charge in [-0.1, -0.05) is 25.1 Å². The van der Waals surface area contributed by atoms with E-state index in [0.717, 1.165) is 31.0 Å². The molecule has 27 heavy (non-hydrogen) atoms. The van der Waals surface area contributed by atoms with Crippen LogP contribution in [0.4, 0.5) is 5.82 Å². The number of carbonyl (C=O) groups excluding carboxylic acids is 2. The molecule has 0 aromatic carbocycles. The van der Waals surface area contributed by atoms with Gasteiger partial charge in [-0.05, 0) is 31.4 Å². The Hall–Kier alpha value is -2.28. The maximum atomic E-state index is 12.7. The maximum Gasteiger partial charge on any atom is 0.274 e. The number of rotatable bonds is 6. The molecule has 1 N–H and O–H groups in total. The van der Waals surface area contributed by atoms with E-state index in [0.29, 0.717) is 23.6 Å². The van der Waals surface area contributed by atoms with Gasteiger partial charge in [0.05, 0.1) is 0 Å². The molecule has 0 spiro atoms. The van der Waals surface area contributed by atoms with Gasteiger partial charge in [-0.15, -0.1) is 0 Å². The van der Waals surface area contributed by atoms with Crippen molar-refractivity contribution in [2.24, 2.45) is 5.92 Å². The second kappa shape index (κ2) is 9.08. The summed E-state index contributed by atoms with van der Waals surface area (Å²) in [6, 6.07) is 5.51. The fraction of sp³-hybridized carbons (Fsp3) is 0.450. The molecule has 2 aromatic heterocycles. The number of amides is 2. The van der Waals surface area contributed by atoms with Gasteiger partial charge in [0.15, 0.2) is 0 Å². The third kappa shape index (κ3) is 4.91. The van der Waals surface area contributed by atoms with Gasteiger partial charge >= 0.3 is 0 Å². The summed E-state index contributed by atoms with van der Waals surface area (Å²) >= 11 is 1.86. The summed E-state index contributed by atoms with van der Waals surface area (Å²) in [5.41, 5.74) is 1.08. The van der Waals surface area contributed by atoms with Gasteiger partial charge in [0.2, 0.25) is 5.91 Å². The largest absolute Gasteiger partial charge is 0.336 e. The Kier molecular flexibility index (Phi) is 6.55. The second-order valence-corrected chi connectivity index (χ2v) is 8.06. The van der Waals surface area contributed by atoms with Gasteiger partial charge in [0.1, 0.15) is 17.2 Å². The molecule has 6 nitrogen and oxygen atoms in total. The van der Waals surface area contributed by atoms with E-state index in [1.165, 1.54) is 0 Å². The molecule has 0 radical (unpaired) electrons. The molecule has 1 atom stereocenters. The normalized spacial score (nSPS) is 16.0. The molecule has 1 aliphatic heterocycles. The summed E-state index contributed by atoms with van der Waals surface area (Å²) in [7, 11) is 0. The molecule has 3 rings (SSSR count). The van der Waals surface area contributed by atoms with E-state index in [1.54, 1.807) is 10.6 Å². The van der Waals surface area contributed by atoms with Crippen molar-refractivity contribution in [2.45, 2.75) is 26.7 Å². The van der Waals surface area contributed by atoms with Gasteiger partial charge in [-0.25, -0.2) is 4.98 Å². The summed E-state index contributed by atoms with van der Waals surface area (Å²) in [6.07, 6.45) is 7.13. The summed E-state index contributed by atoms with van der Waals surface area (Å²) < 4.78 is 1.78. The lowest BCUT2D eigenvalue weighted by Gasteiger charge is -2.25. The van der Waals surface area contributed by atoms with Crippen LogP contribution >= 0.6 is 11.8 Å². The number of imidazole rings is 1. The van der Waals surface area contributed by atoms with E-state index in [1.807, 2.05) is 47.9 Å². The van der Waals surface area contributed by atoms with Crippen molar-refractivity contribution in [1.29, 1.82) is 0 Å². The van der Waals surface area contributed by atoms with E-state index in [-0.39, 0.29) is 17.7 Å². The number of carbonyl (C=O) groups is 2. The lowest BCUT2D eigenvalue weighted by Crippen LogP contribution is -2.38. The van der Waals surface area contributed by atoms with Crippen molar-refractivity contribution >= 4 is 35.0 Å². The number of nitrogens with zero attached hydrogens (tertiary/aromatic N) is 3. The van der Waals surface area contributed by atoms with Crippen molar-refractivity contribution in [2.75, 3.05) is 29.9 Å². The Labute approximate surface area is 164 Å². The Balaban J connectivity index is 1.73. The van der Waals surface area contributed by atoms with Gasteiger partial charge in [-0.2, -0.15) is 11.8 Å². The van der Waals surface area contributed by atoms with Crippen molar-refractivity contribution in [3.63, 3.8) is 0 Å². The van der Waals surface area contributed by atoms with Crippen molar-refractivity contribution in [1.82, 2.24) is 14.3 Å². The molecule has 7 heteroatoms. The van der Waals surface area contributed by atoms with E-state index in [9.17, 15) is 9.59 Å². The number of nitrogens with one attached hydrogen (secondary N) is 1. The van der Waals surface area contributed by atoms with Crippen molar-refractivity contribution in [3.8, 4) is 0 Å². The first-order chi connectivity index (χ1) is 13.1. The SMILES string of the molecule is C/C=C\CC(C)CC(=O)Nc1cccc2nc(C(=O)N3CCSCC3)cn12. The zero-order valence-electron chi connectivity index (χ0n) is 15.9. The highest BCUT2D eigenvalue weighted by Crippen LogP contribution is 2.18. The van der Waals surface area contributed by atoms with Gasteiger partial charge in [-0.3, -0.25) is 14.0 Å². The van der Waals surface area contributed by atoms with Crippen LogP contribution in [0.3, 0.4) is 0 Å². The highest BCUT2D eigenvalue weighted by atomic mass is 32.2. The Morgan fingerprint density at radius 3 is 2.85 bits per heavy atom. The number of anilines is 1. The molecule has 2 aromatic rings. The Morgan fingerprint density at radius 2 is 2.11 bits per heavy atom. The molecule has 0 aliphatic carbocycles. The molecule has 3 heterocycles. The van der Waals surface area contributed by atoms with E-state index in [2.05, 4.69) is 23.3 Å². The number of hydrogen-bond acceptors (Lipinski definition) is 4. The first-order valence-corrected chi connectivity index (χ1v) is 10.5. The van der Waals surface area contributed by atoms with Crippen LogP contribution in [0.1, 0.15) is 37.2 Å². The number of fused-ring (bicyclic) bond motifs is 1. The van der Waals surface area contributed by atoms with Crippen LogP contribution < -0.4 is 5.32 Å². The molecular weight excluding hydrogens is 360 g/mol. The smallest absolute Gasteiger partial charge is 0.274 e. The molecule has 144 valence electrons. The topological polar surface area (TPSA) is 66.7 Å². The lowest BCUT2D eigenvalue weighted by molar-refractivity contribution is -0.117. The summed E-state index contributed by atoms with van der Waals surface area (Å²) in [4.78, 5) is 31.4. The lowest BCUT2D eigenvalue weighted by atomic mass is 10.0. The highest BCUT2D eigenvalue weighted by Gasteiger charge is 2.21. The van der Waals surface area contributed by atoms with Crippen LogP contribution in [0.5, 0.6) is 0 Å². The van der Waals surface area contributed by atoms with E-state index >= 15 is 0 Å². The summed E-state index contributed by atoms with van der Waals surface area (Å²) in [5.74, 6) is 2.76. The van der Waals surface area contributed by atoms with Crippen LogP contribution in [0.2, 0.25) is 0 Å². The molecule has 1 saturated heterocycles. The standard InChI is InChI=1S/C20H26N4O2S/c1-3-4-6-15(2)13-19(25)22-18-8-5-7-17-21-16(14-24(17)18)20(26)23-9-11-27-12-10-23/h3-5,7-8,14-15H,6,9-13H2,1-2H3,(H,22,25)/b4-3-. The predicted octanol–water partition coefficient (Wildman–Crippen LogP) is 3.45.